The van der Waals surface area contributed by atoms with Crippen molar-refractivity contribution in [1.82, 2.24) is 14.8 Å². The van der Waals surface area contributed by atoms with Gasteiger partial charge in [-0.3, -0.25) is 4.68 Å². The molecule has 114 valence electrons. The van der Waals surface area contributed by atoms with Crippen molar-refractivity contribution in [1.29, 1.82) is 0 Å². The highest BCUT2D eigenvalue weighted by molar-refractivity contribution is 6.00. The Kier molecular flexibility index (Phi) is 3.36. The molecule has 0 saturated carbocycles. The second-order valence-corrected chi connectivity index (χ2v) is 6.20. The lowest BCUT2D eigenvalue weighted by Crippen LogP contribution is -2.22. The van der Waals surface area contributed by atoms with Gasteiger partial charge >= 0.3 is 6.03 Å². The molecule has 3 rings (SSSR count). The van der Waals surface area contributed by atoms with Crippen LogP contribution >= 0.6 is 0 Å². The monoisotopic (exact) mass is 297 g/mol. The van der Waals surface area contributed by atoms with Crippen LogP contribution in [0.25, 0.3) is 10.9 Å². The molecule has 6 heteroatoms. The van der Waals surface area contributed by atoms with E-state index in [0.29, 0.717) is 5.69 Å². The van der Waals surface area contributed by atoms with Crippen LogP contribution in [0.5, 0.6) is 0 Å². The smallest absolute Gasteiger partial charge is 0.323 e. The summed E-state index contributed by atoms with van der Waals surface area (Å²) in [6.45, 7) is 6.15. The normalized spacial score (nSPS) is 11.6. The number of nitrogens with one attached hydrogen (secondary N) is 3. The first-order valence-corrected chi connectivity index (χ1v) is 7.12. The Hall–Kier alpha value is -2.76. The fourth-order valence-electron chi connectivity index (χ4n) is 2.18. The highest BCUT2D eigenvalue weighted by atomic mass is 16.2. The lowest BCUT2D eigenvalue weighted by atomic mass is 10.1. The molecular formula is C16H19N5O. The molecule has 2 aromatic heterocycles. The number of carbonyl (C=O) groups is 1. The Morgan fingerprint density at radius 3 is 2.68 bits per heavy atom. The van der Waals surface area contributed by atoms with Crippen LogP contribution < -0.4 is 10.6 Å². The van der Waals surface area contributed by atoms with E-state index in [1.165, 1.54) is 0 Å². The molecule has 2 heterocycles. The number of nitrogens with zero attached hydrogens (tertiary/aromatic N) is 2. The number of aromatic nitrogens is 3. The molecule has 0 aliphatic carbocycles. The summed E-state index contributed by atoms with van der Waals surface area (Å²) < 4.78 is 1.81. The van der Waals surface area contributed by atoms with Crippen molar-refractivity contribution in [2.24, 2.45) is 0 Å². The number of rotatable bonds is 2. The van der Waals surface area contributed by atoms with Crippen LogP contribution in [0, 0.1) is 0 Å². The number of fused-ring (bicyclic) bond motifs is 1. The van der Waals surface area contributed by atoms with Crippen molar-refractivity contribution in [3.8, 4) is 0 Å². The van der Waals surface area contributed by atoms with E-state index in [-0.39, 0.29) is 11.6 Å². The molecule has 0 unspecified atom stereocenters. The van der Waals surface area contributed by atoms with Gasteiger partial charge in [-0.2, -0.15) is 5.10 Å². The Bertz CT molecular complexity index is 809. The van der Waals surface area contributed by atoms with Crippen LogP contribution in [0.3, 0.4) is 0 Å². The molecule has 0 aliphatic rings. The maximum absolute atomic E-state index is 12.0. The summed E-state index contributed by atoms with van der Waals surface area (Å²) in [6, 6.07) is 7.39. The van der Waals surface area contributed by atoms with Crippen LogP contribution in [-0.2, 0) is 5.54 Å². The fraction of sp³-hybridized carbons (Fsp3) is 0.250. The topological polar surface area (TPSA) is 74.7 Å². The van der Waals surface area contributed by atoms with Crippen molar-refractivity contribution < 1.29 is 4.79 Å². The second-order valence-electron chi connectivity index (χ2n) is 6.20. The lowest BCUT2D eigenvalue weighted by Gasteiger charge is -2.18. The van der Waals surface area contributed by atoms with Gasteiger partial charge in [0.2, 0.25) is 0 Å². The third-order valence-electron chi connectivity index (χ3n) is 3.34. The molecule has 0 radical (unpaired) electrons. The minimum Gasteiger partial charge on any atom is -0.361 e. The molecule has 0 spiro atoms. The Morgan fingerprint density at radius 2 is 1.95 bits per heavy atom. The number of anilines is 2. The van der Waals surface area contributed by atoms with Crippen LogP contribution in [0.4, 0.5) is 16.2 Å². The molecule has 0 fully saturated rings. The Balaban J connectivity index is 1.68. The van der Waals surface area contributed by atoms with Gasteiger partial charge in [0, 0.05) is 29.0 Å². The van der Waals surface area contributed by atoms with E-state index in [2.05, 4.69) is 41.5 Å². The third kappa shape index (κ3) is 2.95. The molecule has 0 aliphatic heterocycles. The van der Waals surface area contributed by atoms with Crippen molar-refractivity contribution in [3.63, 3.8) is 0 Å². The van der Waals surface area contributed by atoms with Gasteiger partial charge in [0.15, 0.2) is 0 Å². The molecule has 0 saturated heterocycles. The SMILES string of the molecule is CC(C)(C)n1cc(NC(=O)Nc2ccc3[nH]ccc3c2)cn1. The van der Waals surface area contributed by atoms with Crippen LogP contribution in [0.15, 0.2) is 42.9 Å². The lowest BCUT2D eigenvalue weighted by molar-refractivity contribution is 0.262. The quantitative estimate of drug-likeness (QED) is 0.673. The molecular weight excluding hydrogens is 278 g/mol. The van der Waals surface area contributed by atoms with Crippen molar-refractivity contribution in [3.05, 3.63) is 42.9 Å². The summed E-state index contributed by atoms with van der Waals surface area (Å²) in [5.41, 5.74) is 2.33. The maximum atomic E-state index is 12.0. The maximum Gasteiger partial charge on any atom is 0.323 e. The predicted octanol–water partition coefficient (Wildman–Crippen LogP) is 3.76. The molecule has 2 amide bonds. The molecule has 3 N–H and O–H groups in total. The number of carbonyl (C=O) groups excluding carboxylic acids is 1. The van der Waals surface area contributed by atoms with Gasteiger partial charge in [-0.1, -0.05) is 0 Å². The number of urea groups is 1. The highest BCUT2D eigenvalue weighted by Crippen LogP contribution is 2.19. The van der Waals surface area contributed by atoms with Gasteiger partial charge < -0.3 is 15.6 Å². The van der Waals surface area contributed by atoms with E-state index in [0.717, 1.165) is 16.6 Å². The van der Waals surface area contributed by atoms with Gasteiger partial charge in [0.1, 0.15) is 0 Å². The van der Waals surface area contributed by atoms with E-state index in [1.54, 1.807) is 6.20 Å². The first kappa shape index (κ1) is 14.2. The molecule has 0 atom stereocenters. The van der Waals surface area contributed by atoms with Gasteiger partial charge in [-0.15, -0.1) is 0 Å². The van der Waals surface area contributed by atoms with Crippen LogP contribution in [0.2, 0.25) is 0 Å². The molecule has 3 aromatic rings. The molecule has 22 heavy (non-hydrogen) atoms. The van der Waals surface area contributed by atoms with E-state index in [9.17, 15) is 4.79 Å². The van der Waals surface area contributed by atoms with E-state index >= 15 is 0 Å². The average molecular weight is 297 g/mol. The Morgan fingerprint density at radius 1 is 1.18 bits per heavy atom. The van der Waals surface area contributed by atoms with E-state index < -0.39 is 0 Å². The number of hydrogen-bond donors (Lipinski definition) is 3. The summed E-state index contributed by atoms with van der Waals surface area (Å²) in [5.74, 6) is 0. The van der Waals surface area contributed by atoms with E-state index in [4.69, 9.17) is 0 Å². The zero-order valence-corrected chi connectivity index (χ0v) is 12.8. The fourth-order valence-corrected chi connectivity index (χ4v) is 2.18. The summed E-state index contributed by atoms with van der Waals surface area (Å²) >= 11 is 0. The average Bonchev–Trinajstić information content (AvgIpc) is 3.05. The summed E-state index contributed by atoms with van der Waals surface area (Å²) in [6.07, 6.45) is 5.32. The van der Waals surface area contributed by atoms with Gasteiger partial charge in [0.05, 0.1) is 17.4 Å². The number of amides is 2. The Labute approximate surface area is 128 Å². The first-order valence-electron chi connectivity index (χ1n) is 7.12. The highest BCUT2D eigenvalue weighted by Gasteiger charge is 2.14. The minimum absolute atomic E-state index is 0.115. The first-order chi connectivity index (χ1) is 10.4. The molecule has 0 bridgehead atoms. The second kappa shape index (κ2) is 5.22. The van der Waals surface area contributed by atoms with Crippen molar-refractivity contribution in [2.75, 3.05) is 10.6 Å². The van der Waals surface area contributed by atoms with Gasteiger partial charge in [-0.25, -0.2) is 4.79 Å². The summed E-state index contributed by atoms with van der Waals surface area (Å²) in [7, 11) is 0. The zero-order chi connectivity index (χ0) is 15.7. The number of benzene rings is 1. The van der Waals surface area contributed by atoms with Crippen molar-refractivity contribution >= 4 is 28.3 Å². The number of aromatic amines is 1. The summed E-state index contributed by atoms with van der Waals surface area (Å²) in [5, 5.41) is 10.9. The number of H-pyrrole nitrogens is 1. The molecule has 6 nitrogen and oxygen atoms in total. The summed E-state index contributed by atoms with van der Waals surface area (Å²) in [4.78, 5) is 15.2. The minimum atomic E-state index is -0.289. The standard InChI is InChI=1S/C16H19N5O/c1-16(2,3)21-10-13(9-18-21)20-15(22)19-12-4-5-14-11(8-12)6-7-17-14/h4-10,17H,1-3H3,(H2,19,20,22). The van der Waals surface area contributed by atoms with Crippen LogP contribution in [0.1, 0.15) is 20.8 Å². The predicted molar refractivity (Wildman–Crippen MR) is 88.2 cm³/mol. The van der Waals surface area contributed by atoms with Crippen LogP contribution in [-0.4, -0.2) is 20.8 Å². The van der Waals surface area contributed by atoms with Gasteiger partial charge in [0.25, 0.3) is 0 Å². The number of hydrogen-bond acceptors (Lipinski definition) is 2. The molecule has 1 aromatic carbocycles. The third-order valence-corrected chi connectivity index (χ3v) is 3.34. The zero-order valence-electron chi connectivity index (χ0n) is 12.8. The van der Waals surface area contributed by atoms with Gasteiger partial charge in [-0.05, 0) is 45.0 Å². The van der Waals surface area contributed by atoms with Crippen molar-refractivity contribution in [2.45, 2.75) is 26.3 Å². The van der Waals surface area contributed by atoms with E-state index in [1.807, 2.05) is 41.3 Å². The largest absolute Gasteiger partial charge is 0.361 e.